The molecular weight excluding hydrogens is 546 g/mol. The predicted octanol–water partition coefficient (Wildman–Crippen LogP) is -0.862. The Bertz CT molecular complexity index is 1310. The zero-order valence-electron chi connectivity index (χ0n) is 22.3. The van der Waals surface area contributed by atoms with E-state index in [0.717, 1.165) is 28.1 Å². The lowest BCUT2D eigenvalue weighted by Gasteiger charge is -2.17. The number of carbonyl (C=O) groups is 1. The highest BCUT2D eigenvalue weighted by Crippen LogP contribution is 2.25. The standard InChI is InChI=1S/C27H33N3O3S.ClHO4/c1-19(2)25-16-23(22-8-6-5-7-9-22)17-26(20(3)4)30(25)18-27(31)29-15-14-21-10-12-24(13-11-21)34(28,32)33;2-1(3,4)5/h5-13,16-17,19-20H,14-15,18H2,1-4H3,(H2-,28,29,31,32,33);(H,2,3,4,5). The number of primary sulfonamides is 1. The second kappa shape index (κ2) is 13.9. The van der Waals surface area contributed by atoms with Crippen molar-refractivity contribution in [3.63, 3.8) is 0 Å². The molecule has 0 aliphatic heterocycles. The summed E-state index contributed by atoms with van der Waals surface area (Å²) in [6.07, 6.45) is 0.600. The average molecular weight is 580 g/mol. The smallest absolute Gasteiger partial charge is 0.286 e. The summed E-state index contributed by atoms with van der Waals surface area (Å²) in [4.78, 5) is 12.9. The number of amides is 1. The Morgan fingerprint density at radius 3 is 1.79 bits per heavy atom. The number of nitrogens with zero attached hydrogens (tertiary/aromatic N) is 1. The van der Waals surface area contributed by atoms with E-state index in [-0.39, 0.29) is 29.2 Å². The van der Waals surface area contributed by atoms with Crippen LogP contribution in [0.25, 0.3) is 11.1 Å². The number of benzene rings is 2. The molecule has 0 fully saturated rings. The van der Waals surface area contributed by atoms with E-state index in [0.29, 0.717) is 13.0 Å². The minimum Gasteiger partial charge on any atom is -0.350 e. The van der Waals surface area contributed by atoms with Gasteiger partial charge in [0.25, 0.3) is 5.91 Å². The van der Waals surface area contributed by atoms with Crippen LogP contribution in [0.2, 0.25) is 0 Å². The molecule has 0 aliphatic carbocycles. The maximum absolute atomic E-state index is 12.9. The molecule has 3 rings (SSSR count). The molecule has 39 heavy (non-hydrogen) atoms. The van der Waals surface area contributed by atoms with Gasteiger partial charge in [0.1, 0.15) is 0 Å². The third-order valence-electron chi connectivity index (χ3n) is 5.81. The van der Waals surface area contributed by atoms with Crippen molar-refractivity contribution in [2.24, 2.45) is 5.14 Å². The lowest BCUT2D eigenvalue weighted by Crippen LogP contribution is -2.68. The first-order valence-electron chi connectivity index (χ1n) is 12.2. The maximum atomic E-state index is 12.9. The van der Waals surface area contributed by atoms with Crippen LogP contribution in [0.1, 0.15) is 56.5 Å². The van der Waals surface area contributed by atoms with Gasteiger partial charge in [0.15, 0.2) is 11.4 Å². The molecule has 2 aromatic carbocycles. The van der Waals surface area contributed by atoms with Crippen molar-refractivity contribution in [3.8, 4) is 11.1 Å². The van der Waals surface area contributed by atoms with Crippen molar-refractivity contribution in [1.29, 1.82) is 0 Å². The zero-order chi connectivity index (χ0) is 29.4. The van der Waals surface area contributed by atoms with Gasteiger partial charge < -0.3 is 5.32 Å². The number of aromatic nitrogens is 1. The van der Waals surface area contributed by atoms with Crippen LogP contribution < -0.4 is 33.7 Å². The quantitative estimate of drug-likeness (QED) is 0.309. The number of pyridine rings is 1. The second-order valence-corrected chi connectivity index (χ2v) is 11.8. The fourth-order valence-corrected chi connectivity index (χ4v) is 4.51. The van der Waals surface area contributed by atoms with Gasteiger partial charge in [-0.05, 0) is 35.2 Å². The number of hydrogen-bond acceptors (Lipinski definition) is 7. The molecule has 12 heteroatoms. The Hall–Kier alpha value is -2.90. The molecule has 1 heterocycles. The van der Waals surface area contributed by atoms with E-state index >= 15 is 0 Å². The van der Waals surface area contributed by atoms with Crippen LogP contribution >= 0.6 is 0 Å². The largest absolute Gasteiger partial charge is 0.350 e. The first-order chi connectivity index (χ1) is 18.1. The van der Waals surface area contributed by atoms with Gasteiger partial charge >= 0.3 is 0 Å². The molecule has 0 spiro atoms. The van der Waals surface area contributed by atoms with E-state index in [9.17, 15) is 13.2 Å². The topological polar surface area (TPSA) is 185 Å². The van der Waals surface area contributed by atoms with E-state index in [4.69, 9.17) is 23.8 Å². The highest BCUT2D eigenvalue weighted by atomic mass is 35.7. The number of rotatable bonds is 9. The Morgan fingerprint density at radius 1 is 0.872 bits per heavy atom. The first kappa shape index (κ1) is 32.3. The summed E-state index contributed by atoms with van der Waals surface area (Å²) >= 11 is 0. The van der Waals surface area contributed by atoms with Crippen molar-refractivity contribution >= 4 is 15.9 Å². The molecule has 1 aromatic heterocycles. The summed E-state index contributed by atoms with van der Waals surface area (Å²) in [5.74, 6) is 0.458. The number of carbonyl (C=O) groups excluding carboxylic acids is 1. The van der Waals surface area contributed by atoms with Gasteiger partial charge in [0.05, 0.1) is 4.90 Å². The summed E-state index contributed by atoms with van der Waals surface area (Å²) in [6, 6.07) is 21.1. The van der Waals surface area contributed by atoms with Crippen LogP contribution in [0, 0.1) is 10.2 Å². The monoisotopic (exact) mass is 579 g/mol. The van der Waals surface area contributed by atoms with Crippen LogP contribution in [-0.4, -0.2) is 20.9 Å². The molecule has 0 aliphatic rings. The van der Waals surface area contributed by atoms with Crippen molar-refractivity contribution in [2.45, 2.75) is 57.4 Å². The second-order valence-electron chi connectivity index (χ2n) is 9.52. The van der Waals surface area contributed by atoms with Gasteiger partial charge in [0, 0.05) is 30.5 Å². The number of nitrogens with one attached hydrogen (secondary N) is 1. The summed E-state index contributed by atoms with van der Waals surface area (Å²) in [5, 5.41) is 8.14. The highest BCUT2D eigenvalue weighted by molar-refractivity contribution is 7.89. The van der Waals surface area contributed by atoms with Crippen LogP contribution in [0.4, 0.5) is 0 Å². The van der Waals surface area contributed by atoms with Gasteiger partial charge in [0.2, 0.25) is 16.6 Å². The van der Waals surface area contributed by atoms with Crippen molar-refractivity contribution < 1.29 is 46.7 Å². The van der Waals surface area contributed by atoms with Crippen molar-refractivity contribution in [1.82, 2.24) is 5.32 Å². The van der Waals surface area contributed by atoms with Crippen molar-refractivity contribution in [3.05, 3.63) is 83.7 Å². The van der Waals surface area contributed by atoms with Gasteiger partial charge in [-0.1, -0.05) is 70.2 Å². The summed E-state index contributed by atoms with van der Waals surface area (Å²) in [5.41, 5.74) is 5.50. The SMILES string of the molecule is CC(C)c1cc(-c2ccccc2)cc(C(C)C)[n+]1CC(=O)NCCc1ccc(S(N)(=O)=O)cc1.[O-][Cl+3]([O-])([O-])[O-]. The number of nitrogens with two attached hydrogens (primary N) is 1. The number of sulfonamides is 1. The fraction of sp³-hybridized carbons (Fsp3) is 0.333. The third-order valence-corrected chi connectivity index (χ3v) is 6.74. The van der Waals surface area contributed by atoms with E-state index in [1.807, 2.05) is 18.2 Å². The average Bonchev–Trinajstić information content (AvgIpc) is 2.83. The van der Waals surface area contributed by atoms with Crippen LogP contribution in [0.15, 0.2) is 71.6 Å². The first-order valence-corrected chi connectivity index (χ1v) is 15.0. The molecule has 0 radical (unpaired) electrons. The molecule has 1 amide bonds. The van der Waals surface area contributed by atoms with E-state index in [2.05, 4.69) is 61.8 Å². The molecule has 10 nitrogen and oxygen atoms in total. The Labute approximate surface area is 231 Å². The van der Waals surface area contributed by atoms with Crippen LogP contribution in [0.5, 0.6) is 0 Å². The molecule has 0 unspecified atom stereocenters. The van der Waals surface area contributed by atoms with Gasteiger partial charge in [-0.3, -0.25) is 4.79 Å². The zero-order valence-corrected chi connectivity index (χ0v) is 23.9. The number of hydrogen-bond donors (Lipinski definition) is 2. The molecular formula is C27H34ClN3O7S. The molecule has 0 bridgehead atoms. The van der Waals surface area contributed by atoms with Crippen LogP contribution in [0.3, 0.4) is 0 Å². The molecule has 3 aromatic rings. The van der Waals surface area contributed by atoms with E-state index < -0.39 is 20.3 Å². The summed E-state index contributed by atoms with van der Waals surface area (Å²) < 4.78 is 58.9. The molecule has 0 saturated heterocycles. The Kier molecular flexibility index (Phi) is 11.6. The van der Waals surface area contributed by atoms with Crippen LogP contribution in [-0.2, 0) is 27.8 Å². The molecule has 3 N–H and O–H groups in total. The predicted molar refractivity (Wildman–Crippen MR) is 135 cm³/mol. The normalized spacial score (nSPS) is 11.8. The number of halogens is 1. The van der Waals surface area contributed by atoms with Gasteiger partial charge in [-0.25, -0.2) is 32.2 Å². The summed E-state index contributed by atoms with van der Waals surface area (Å²) in [7, 11) is -8.65. The minimum atomic E-state index is -4.94. The summed E-state index contributed by atoms with van der Waals surface area (Å²) in [6.45, 7) is 9.30. The Balaban J connectivity index is 0.000000976. The van der Waals surface area contributed by atoms with Crippen molar-refractivity contribution in [2.75, 3.05) is 6.54 Å². The van der Waals surface area contributed by atoms with E-state index in [1.54, 1.807) is 12.1 Å². The fourth-order valence-electron chi connectivity index (χ4n) is 3.99. The molecule has 212 valence electrons. The molecule has 0 atom stereocenters. The van der Waals surface area contributed by atoms with Gasteiger partial charge in [-0.2, -0.15) is 4.57 Å². The Morgan fingerprint density at radius 2 is 1.36 bits per heavy atom. The maximum Gasteiger partial charge on any atom is 0.286 e. The minimum absolute atomic E-state index is 0.0533. The lowest BCUT2D eigenvalue weighted by molar-refractivity contribution is -2.00. The molecule has 0 saturated carbocycles. The van der Waals surface area contributed by atoms with Gasteiger partial charge in [-0.15, -0.1) is 10.2 Å². The lowest BCUT2D eigenvalue weighted by atomic mass is 9.97. The highest BCUT2D eigenvalue weighted by Gasteiger charge is 2.26. The third kappa shape index (κ3) is 11.0. The van der Waals surface area contributed by atoms with E-state index in [1.165, 1.54) is 12.1 Å².